The quantitative estimate of drug-likeness (QED) is 0.626. The number of hydrogen-bond donors (Lipinski definition) is 0. The van der Waals surface area contributed by atoms with Crippen molar-refractivity contribution in [3.05, 3.63) is 39.7 Å². The molecular formula is C9H6IN3O. The molecule has 0 radical (unpaired) electrons. The average Bonchev–Trinajstić information content (AvgIpc) is 2.67. The topological polar surface area (TPSA) is 47.8 Å². The largest absolute Gasteiger partial charge is 0.296 e. The molecule has 0 unspecified atom stereocenters. The summed E-state index contributed by atoms with van der Waals surface area (Å²) in [6.07, 6.45) is 2.27. The van der Waals surface area contributed by atoms with Crippen LogP contribution in [0.1, 0.15) is 10.5 Å². The molecule has 0 bridgehead atoms. The fraction of sp³-hybridized carbons (Fsp3) is 0. The predicted molar refractivity (Wildman–Crippen MR) is 59.5 cm³/mol. The van der Waals surface area contributed by atoms with E-state index < -0.39 is 0 Å². The van der Waals surface area contributed by atoms with Crippen LogP contribution >= 0.6 is 22.6 Å². The summed E-state index contributed by atoms with van der Waals surface area (Å²) in [5, 5.41) is 7.50. The maximum Gasteiger partial charge on any atom is 0.171 e. The van der Waals surface area contributed by atoms with E-state index in [1.165, 1.54) is 0 Å². The van der Waals surface area contributed by atoms with Gasteiger partial charge in [-0.1, -0.05) is 5.21 Å². The monoisotopic (exact) mass is 299 g/mol. The molecule has 14 heavy (non-hydrogen) atoms. The maximum atomic E-state index is 10.4. The molecular weight excluding hydrogens is 293 g/mol. The third kappa shape index (κ3) is 1.82. The second-order valence-electron chi connectivity index (χ2n) is 2.68. The molecule has 0 atom stereocenters. The Morgan fingerprint density at radius 3 is 2.57 bits per heavy atom. The van der Waals surface area contributed by atoms with Crippen LogP contribution in [0.25, 0.3) is 5.69 Å². The van der Waals surface area contributed by atoms with Gasteiger partial charge in [0.25, 0.3) is 0 Å². The Hall–Kier alpha value is -1.24. The SMILES string of the molecule is O=Cc1cn(-c2ccc(I)cc2)nn1. The second-order valence-corrected chi connectivity index (χ2v) is 3.93. The Morgan fingerprint density at radius 1 is 1.29 bits per heavy atom. The molecule has 5 heteroatoms. The number of rotatable bonds is 2. The van der Waals surface area contributed by atoms with Crippen LogP contribution in [0.4, 0.5) is 0 Å². The number of carbonyl (C=O) groups excluding carboxylic acids is 1. The molecule has 1 heterocycles. The van der Waals surface area contributed by atoms with E-state index in [9.17, 15) is 4.79 Å². The predicted octanol–water partition coefficient (Wildman–Crippen LogP) is 1.68. The highest BCUT2D eigenvalue weighted by molar-refractivity contribution is 14.1. The molecule has 0 aliphatic heterocycles. The molecule has 0 saturated carbocycles. The summed E-state index contributed by atoms with van der Waals surface area (Å²) in [5.74, 6) is 0. The van der Waals surface area contributed by atoms with Gasteiger partial charge >= 0.3 is 0 Å². The van der Waals surface area contributed by atoms with Crippen molar-refractivity contribution in [3.63, 3.8) is 0 Å². The number of aldehydes is 1. The van der Waals surface area contributed by atoms with E-state index in [4.69, 9.17) is 0 Å². The zero-order valence-corrected chi connectivity index (χ0v) is 9.25. The first-order chi connectivity index (χ1) is 6.79. The zero-order valence-electron chi connectivity index (χ0n) is 7.09. The molecule has 2 aromatic rings. The van der Waals surface area contributed by atoms with Gasteiger partial charge in [0.05, 0.1) is 11.9 Å². The summed E-state index contributed by atoms with van der Waals surface area (Å²) in [6.45, 7) is 0. The van der Waals surface area contributed by atoms with Crippen LogP contribution in [0.2, 0.25) is 0 Å². The van der Waals surface area contributed by atoms with Gasteiger partial charge in [0, 0.05) is 3.57 Å². The van der Waals surface area contributed by atoms with Crippen LogP contribution in [0.3, 0.4) is 0 Å². The summed E-state index contributed by atoms with van der Waals surface area (Å²) in [7, 11) is 0. The number of hydrogen-bond acceptors (Lipinski definition) is 3. The van der Waals surface area contributed by atoms with Crippen molar-refractivity contribution in [2.45, 2.75) is 0 Å². The fourth-order valence-electron chi connectivity index (χ4n) is 1.05. The molecule has 0 saturated heterocycles. The number of carbonyl (C=O) groups is 1. The molecule has 0 amide bonds. The van der Waals surface area contributed by atoms with E-state index in [-0.39, 0.29) is 0 Å². The summed E-state index contributed by atoms with van der Waals surface area (Å²) in [6, 6.07) is 7.78. The minimum Gasteiger partial charge on any atom is -0.296 e. The molecule has 0 spiro atoms. The smallest absolute Gasteiger partial charge is 0.171 e. The van der Waals surface area contributed by atoms with E-state index in [2.05, 4.69) is 32.9 Å². The third-order valence-corrected chi connectivity index (χ3v) is 2.44. The van der Waals surface area contributed by atoms with E-state index in [1.807, 2.05) is 24.3 Å². The summed E-state index contributed by atoms with van der Waals surface area (Å²) < 4.78 is 2.72. The van der Waals surface area contributed by atoms with Gasteiger partial charge in [0.15, 0.2) is 6.29 Å². The highest BCUT2D eigenvalue weighted by Gasteiger charge is 2.00. The van der Waals surface area contributed by atoms with Crippen molar-refractivity contribution >= 4 is 28.9 Å². The third-order valence-electron chi connectivity index (χ3n) is 1.72. The Bertz CT molecular complexity index is 449. The van der Waals surface area contributed by atoms with E-state index in [1.54, 1.807) is 10.9 Å². The first-order valence-corrected chi connectivity index (χ1v) is 5.01. The van der Waals surface area contributed by atoms with E-state index >= 15 is 0 Å². The minimum absolute atomic E-state index is 0.337. The van der Waals surface area contributed by atoms with E-state index in [0.29, 0.717) is 12.0 Å². The lowest BCUT2D eigenvalue weighted by molar-refractivity contribution is 0.111. The Balaban J connectivity index is 2.39. The molecule has 1 aromatic carbocycles. The van der Waals surface area contributed by atoms with E-state index in [0.717, 1.165) is 9.26 Å². The van der Waals surface area contributed by atoms with Gasteiger partial charge in [-0.25, -0.2) is 4.68 Å². The molecule has 70 valence electrons. The van der Waals surface area contributed by atoms with Crippen LogP contribution in [-0.4, -0.2) is 21.3 Å². The Kier molecular flexibility index (Phi) is 2.58. The van der Waals surface area contributed by atoms with Gasteiger partial charge in [-0.2, -0.15) is 0 Å². The van der Waals surface area contributed by atoms with Crippen molar-refractivity contribution in [3.8, 4) is 5.69 Å². The number of aromatic nitrogens is 3. The van der Waals surface area contributed by atoms with Gasteiger partial charge in [-0.15, -0.1) is 5.10 Å². The normalized spacial score (nSPS) is 10.1. The molecule has 0 fully saturated rings. The molecule has 2 rings (SSSR count). The lowest BCUT2D eigenvalue weighted by Crippen LogP contribution is -1.94. The highest BCUT2D eigenvalue weighted by Crippen LogP contribution is 2.09. The molecule has 0 aliphatic rings. The van der Waals surface area contributed by atoms with Crippen LogP contribution in [0, 0.1) is 3.57 Å². The lowest BCUT2D eigenvalue weighted by Gasteiger charge is -1.98. The standard InChI is InChI=1S/C9H6IN3O/c10-7-1-3-9(4-2-7)13-5-8(6-14)11-12-13/h1-6H. The van der Waals surface area contributed by atoms with Crippen molar-refractivity contribution in [2.24, 2.45) is 0 Å². The maximum absolute atomic E-state index is 10.4. The first-order valence-electron chi connectivity index (χ1n) is 3.93. The Labute approximate surface area is 94.1 Å². The van der Waals surface area contributed by atoms with Crippen LogP contribution in [0.15, 0.2) is 30.5 Å². The van der Waals surface area contributed by atoms with Crippen molar-refractivity contribution in [1.29, 1.82) is 0 Å². The van der Waals surface area contributed by atoms with Gasteiger partial charge < -0.3 is 0 Å². The second kappa shape index (κ2) is 3.87. The van der Waals surface area contributed by atoms with Crippen LogP contribution in [0.5, 0.6) is 0 Å². The number of benzene rings is 1. The van der Waals surface area contributed by atoms with Gasteiger partial charge in [-0.05, 0) is 46.9 Å². The average molecular weight is 299 g/mol. The van der Waals surface area contributed by atoms with Crippen LogP contribution < -0.4 is 0 Å². The molecule has 1 aromatic heterocycles. The minimum atomic E-state index is 0.337. The number of nitrogens with zero attached hydrogens (tertiary/aromatic N) is 3. The molecule has 0 aliphatic carbocycles. The van der Waals surface area contributed by atoms with Gasteiger partial charge in [-0.3, -0.25) is 4.79 Å². The fourth-order valence-corrected chi connectivity index (χ4v) is 1.41. The summed E-state index contributed by atoms with van der Waals surface area (Å²) >= 11 is 2.23. The summed E-state index contributed by atoms with van der Waals surface area (Å²) in [4.78, 5) is 10.4. The lowest BCUT2D eigenvalue weighted by atomic mass is 10.3. The summed E-state index contributed by atoms with van der Waals surface area (Å²) in [5.41, 5.74) is 1.23. The molecule has 0 N–H and O–H groups in total. The van der Waals surface area contributed by atoms with Crippen molar-refractivity contribution in [1.82, 2.24) is 15.0 Å². The van der Waals surface area contributed by atoms with Crippen LogP contribution in [-0.2, 0) is 0 Å². The highest BCUT2D eigenvalue weighted by atomic mass is 127. The van der Waals surface area contributed by atoms with Crippen molar-refractivity contribution < 1.29 is 4.79 Å². The molecule has 4 nitrogen and oxygen atoms in total. The zero-order chi connectivity index (χ0) is 9.97. The number of halogens is 1. The van der Waals surface area contributed by atoms with Gasteiger partial charge in [0.1, 0.15) is 5.69 Å². The Morgan fingerprint density at radius 2 is 2.00 bits per heavy atom. The first kappa shape index (κ1) is 9.32. The van der Waals surface area contributed by atoms with Crippen molar-refractivity contribution in [2.75, 3.05) is 0 Å². The van der Waals surface area contributed by atoms with Gasteiger partial charge in [0.2, 0.25) is 0 Å².